The maximum absolute atomic E-state index is 9.59. The van der Waals surface area contributed by atoms with Crippen LogP contribution in [0.4, 0.5) is 0 Å². The maximum Gasteiger partial charge on any atom is 0.186 e. The smallest absolute Gasteiger partial charge is 0.186 e. The molecule has 6 N–H and O–H groups in total. The van der Waals surface area contributed by atoms with Gasteiger partial charge in [0.15, 0.2) is 6.27 Å². The van der Waals surface area contributed by atoms with Crippen molar-refractivity contribution < 1.29 is 41.5 Å². The van der Waals surface area contributed by atoms with Gasteiger partial charge in [-0.15, -0.1) is 0 Å². The second kappa shape index (κ2) is 6.57. The predicted molar refractivity (Wildman–Crippen MR) is 52.8 cm³/mol. The van der Waals surface area contributed by atoms with Crippen molar-refractivity contribution in [1.29, 1.82) is 0 Å². The average Bonchev–Trinajstić information content (AvgIpc) is 2.38. The summed E-state index contributed by atoms with van der Waals surface area (Å²) < 4.78 is 17.3. The van der Waals surface area contributed by atoms with Gasteiger partial charge in [0.1, 0.15) is 30.5 Å². The highest BCUT2D eigenvalue weighted by atomic mass is 16.7. The van der Waals surface area contributed by atoms with Gasteiger partial charge in [-0.1, -0.05) is 0 Å². The molecule has 0 aromatic carbocycles. The van der Waals surface area contributed by atoms with E-state index in [0.717, 1.165) is 0 Å². The minimum atomic E-state index is -2.44. The topological polar surface area (TPSA) is 140 Å². The Morgan fingerprint density at radius 3 is 2.35 bits per heavy atom. The molecule has 0 aromatic rings. The van der Waals surface area contributed by atoms with Crippen LogP contribution < -0.4 is 0 Å². The molecule has 6 atom stereocenters. The largest absolute Gasteiger partial charge is 0.394 e. The molecule has 0 bridgehead atoms. The molecular formula is C9H18O8. The molecule has 0 saturated carbocycles. The predicted octanol–water partition coefficient (Wildman–Crippen LogP) is -3.84. The number of hydrogen-bond acceptors (Lipinski definition) is 8. The number of ether oxygens (including phenoxy) is 2. The Hall–Kier alpha value is -0.320. The van der Waals surface area contributed by atoms with Crippen molar-refractivity contribution in [1.82, 2.24) is 0 Å². The van der Waals surface area contributed by atoms with Crippen LogP contribution in [0.3, 0.4) is 0 Å². The first-order valence-electron chi connectivity index (χ1n) is 5.61. The first-order chi connectivity index (χ1) is 8.35. The van der Waals surface area contributed by atoms with Crippen molar-refractivity contribution in [2.75, 3.05) is 19.8 Å². The Labute approximate surface area is 99.1 Å². The van der Waals surface area contributed by atoms with Gasteiger partial charge in [0.05, 0.1) is 21.2 Å². The third kappa shape index (κ3) is 3.57. The van der Waals surface area contributed by atoms with E-state index in [1.165, 1.54) is 0 Å². The number of aliphatic hydroxyl groups excluding tert-OH is 6. The van der Waals surface area contributed by atoms with Gasteiger partial charge in [0.2, 0.25) is 0 Å². The molecule has 1 heterocycles. The summed E-state index contributed by atoms with van der Waals surface area (Å²) in [4.78, 5) is 0. The molecule has 0 aliphatic carbocycles. The van der Waals surface area contributed by atoms with Crippen LogP contribution in [0.25, 0.3) is 0 Å². The molecule has 1 rings (SSSR count). The Balaban J connectivity index is 2.72. The van der Waals surface area contributed by atoms with Crippen molar-refractivity contribution in [3.05, 3.63) is 0 Å². The number of rotatable bonds is 5. The van der Waals surface area contributed by atoms with E-state index in [4.69, 9.17) is 26.2 Å². The van der Waals surface area contributed by atoms with Gasteiger partial charge in [0.25, 0.3) is 0 Å². The van der Waals surface area contributed by atoms with Crippen LogP contribution in [0, 0.1) is 0 Å². The third-order valence-corrected chi connectivity index (χ3v) is 2.37. The Morgan fingerprint density at radius 1 is 1.18 bits per heavy atom. The SMILES string of the molecule is [2H][C@]1(OCC(O)CO)O[C@H](CO)[C@H](O)[C@H](O)[C@H]1O. The maximum atomic E-state index is 9.59. The minimum absolute atomic E-state index is 0.516. The molecule has 1 aliphatic rings. The highest BCUT2D eigenvalue weighted by molar-refractivity contribution is 4.88. The monoisotopic (exact) mass is 255 g/mol. The van der Waals surface area contributed by atoms with Crippen LogP contribution in [-0.2, 0) is 9.47 Å². The number of hydrogen-bond donors (Lipinski definition) is 6. The molecule has 8 nitrogen and oxygen atoms in total. The first-order valence-corrected chi connectivity index (χ1v) is 5.11. The molecular weight excluding hydrogens is 236 g/mol. The van der Waals surface area contributed by atoms with E-state index >= 15 is 0 Å². The van der Waals surface area contributed by atoms with Crippen LogP contribution in [0.15, 0.2) is 0 Å². The van der Waals surface area contributed by atoms with Crippen molar-refractivity contribution in [3.63, 3.8) is 0 Å². The molecule has 17 heavy (non-hydrogen) atoms. The van der Waals surface area contributed by atoms with Gasteiger partial charge in [0, 0.05) is 0 Å². The zero-order chi connectivity index (χ0) is 13.9. The third-order valence-electron chi connectivity index (χ3n) is 2.37. The Bertz CT molecular complexity index is 265. The van der Waals surface area contributed by atoms with Crippen LogP contribution in [0.5, 0.6) is 0 Å². The molecule has 1 saturated heterocycles. The van der Waals surface area contributed by atoms with E-state index in [1.54, 1.807) is 0 Å². The molecule has 0 amide bonds. The van der Waals surface area contributed by atoms with Gasteiger partial charge in [-0.05, 0) is 0 Å². The van der Waals surface area contributed by atoms with Crippen LogP contribution in [-0.4, -0.2) is 87.2 Å². The van der Waals surface area contributed by atoms with Gasteiger partial charge in [-0.3, -0.25) is 0 Å². The van der Waals surface area contributed by atoms with Crippen molar-refractivity contribution in [2.24, 2.45) is 0 Å². The summed E-state index contributed by atoms with van der Waals surface area (Å²) in [6.45, 7) is -1.81. The number of aliphatic hydroxyl groups is 6. The molecule has 0 radical (unpaired) electrons. The summed E-state index contributed by atoms with van der Waals surface area (Å²) in [7, 11) is 0. The minimum Gasteiger partial charge on any atom is -0.394 e. The molecule has 0 spiro atoms. The lowest BCUT2D eigenvalue weighted by Gasteiger charge is -2.39. The molecule has 1 unspecified atom stereocenters. The van der Waals surface area contributed by atoms with E-state index < -0.39 is 56.6 Å². The normalized spacial score (nSPS) is 45.4. The lowest BCUT2D eigenvalue weighted by atomic mass is 9.99. The standard InChI is InChI=1S/C9H18O8/c10-1-4(12)3-16-9-8(15)7(14)6(13)5(2-11)17-9/h4-15H,1-3H2/t4?,5-,6+,7+,8-,9+/m1/s1/i9D. The molecule has 1 aliphatic heterocycles. The summed E-state index contributed by atoms with van der Waals surface area (Å²) in [5.41, 5.74) is 0. The van der Waals surface area contributed by atoms with Gasteiger partial charge >= 0.3 is 0 Å². The summed E-state index contributed by atoms with van der Waals surface area (Å²) in [5, 5.41) is 55.1. The van der Waals surface area contributed by atoms with E-state index in [2.05, 4.69) is 0 Å². The zero-order valence-corrected chi connectivity index (χ0v) is 9.01. The molecule has 1 fully saturated rings. The second-order valence-corrected chi connectivity index (χ2v) is 3.73. The summed E-state index contributed by atoms with van der Waals surface area (Å²) in [5.74, 6) is 0. The van der Waals surface area contributed by atoms with Crippen molar-refractivity contribution in [2.45, 2.75) is 36.8 Å². The molecule has 8 heteroatoms. The summed E-state index contributed by atoms with van der Waals surface area (Å²) >= 11 is 0. The Morgan fingerprint density at radius 2 is 1.82 bits per heavy atom. The van der Waals surface area contributed by atoms with E-state index in [0.29, 0.717) is 0 Å². The lowest BCUT2D eigenvalue weighted by molar-refractivity contribution is -0.304. The fourth-order valence-corrected chi connectivity index (χ4v) is 1.33. The van der Waals surface area contributed by atoms with Crippen molar-refractivity contribution >= 4 is 0 Å². The van der Waals surface area contributed by atoms with Gasteiger partial charge in [-0.2, -0.15) is 0 Å². The van der Waals surface area contributed by atoms with E-state index in [9.17, 15) is 15.3 Å². The van der Waals surface area contributed by atoms with E-state index in [1.807, 2.05) is 0 Å². The van der Waals surface area contributed by atoms with Crippen LogP contribution >= 0.6 is 0 Å². The second-order valence-electron chi connectivity index (χ2n) is 3.73. The Kier molecular flexibility index (Phi) is 5.07. The van der Waals surface area contributed by atoms with Crippen LogP contribution in [0.2, 0.25) is 0 Å². The highest BCUT2D eigenvalue weighted by Gasteiger charge is 2.44. The van der Waals surface area contributed by atoms with Crippen LogP contribution in [0.1, 0.15) is 1.37 Å². The van der Waals surface area contributed by atoms with Crippen molar-refractivity contribution in [3.8, 4) is 0 Å². The summed E-state index contributed by atoms with van der Waals surface area (Å²) in [6.07, 6.45) is -10.2. The van der Waals surface area contributed by atoms with Gasteiger partial charge in [-0.25, -0.2) is 0 Å². The fourth-order valence-electron chi connectivity index (χ4n) is 1.33. The zero-order valence-electron chi connectivity index (χ0n) is 10.0. The van der Waals surface area contributed by atoms with Gasteiger partial charge < -0.3 is 40.1 Å². The highest BCUT2D eigenvalue weighted by Crippen LogP contribution is 2.21. The summed E-state index contributed by atoms with van der Waals surface area (Å²) in [6, 6.07) is 0. The first kappa shape index (κ1) is 13.1. The quantitative estimate of drug-likeness (QED) is 0.293. The average molecular weight is 255 g/mol. The fraction of sp³-hybridized carbons (Fsp3) is 1.00. The lowest BCUT2D eigenvalue weighted by Crippen LogP contribution is -2.59. The van der Waals surface area contributed by atoms with E-state index in [-0.39, 0.29) is 0 Å². The molecule has 0 aromatic heterocycles. The molecule has 102 valence electrons.